The van der Waals surface area contributed by atoms with E-state index in [1.54, 1.807) is 0 Å². The van der Waals surface area contributed by atoms with E-state index in [9.17, 15) is 23.2 Å². The first kappa shape index (κ1) is 18.5. The number of rotatable bonds is 5. The number of hydrogen-bond acceptors (Lipinski definition) is 5. The van der Waals surface area contributed by atoms with Crippen LogP contribution in [0.4, 0.5) is 25.0 Å². The summed E-state index contributed by atoms with van der Waals surface area (Å²) in [6.45, 7) is 2.09. The second-order valence-corrected chi connectivity index (χ2v) is 7.41. The van der Waals surface area contributed by atoms with E-state index in [1.807, 2.05) is 0 Å². The molecule has 0 aromatic heterocycles. The number of carbonyl (C=O) groups excluding carboxylic acids is 2. The number of benzene rings is 1. The van der Waals surface area contributed by atoms with Crippen molar-refractivity contribution >= 4 is 29.3 Å². The lowest BCUT2D eigenvalue weighted by Crippen LogP contribution is -2.33. The molecule has 2 saturated heterocycles. The van der Waals surface area contributed by atoms with Gasteiger partial charge in [0.05, 0.1) is 24.7 Å². The lowest BCUT2D eigenvalue weighted by molar-refractivity contribution is -0.139. The number of amides is 2. The van der Waals surface area contributed by atoms with E-state index < -0.39 is 35.7 Å². The molecule has 3 fully saturated rings. The number of hydrogen-bond donors (Lipinski definition) is 2. The van der Waals surface area contributed by atoms with Crippen molar-refractivity contribution in [1.29, 1.82) is 0 Å². The third-order valence-electron chi connectivity index (χ3n) is 5.56. The zero-order valence-corrected chi connectivity index (χ0v) is 15.0. The molecule has 1 saturated carbocycles. The van der Waals surface area contributed by atoms with Crippen molar-refractivity contribution in [2.75, 3.05) is 36.0 Å². The van der Waals surface area contributed by atoms with Crippen LogP contribution >= 0.6 is 0 Å². The predicted molar refractivity (Wildman–Crippen MR) is 93.0 cm³/mol. The number of halogens is 2. The average Bonchev–Trinajstić information content (AvgIpc) is 2.94. The van der Waals surface area contributed by atoms with Crippen LogP contribution in [0.1, 0.15) is 6.92 Å². The molecule has 3 aliphatic rings. The Morgan fingerprint density at radius 1 is 1.21 bits per heavy atom. The molecule has 0 bridgehead atoms. The summed E-state index contributed by atoms with van der Waals surface area (Å²) in [5.74, 6) is -3.38. The zero-order valence-electron chi connectivity index (χ0n) is 15.0. The average molecular weight is 395 g/mol. The summed E-state index contributed by atoms with van der Waals surface area (Å²) in [6.07, 6.45) is -1.35. The first-order valence-electron chi connectivity index (χ1n) is 8.95. The molecular formula is C18H19F2N3O5. The lowest BCUT2D eigenvalue weighted by atomic mass is 10.2. The van der Waals surface area contributed by atoms with Crippen molar-refractivity contribution in [3.8, 4) is 0 Å². The van der Waals surface area contributed by atoms with Crippen LogP contribution in [0.15, 0.2) is 12.1 Å². The van der Waals surface area contributed by atoms with Gasteiger partial charge in [-0.25, -0.2) is 13.6 Å². The van der Waals surface area contributed by atoms with Crippen LogP contribution in [0.2, 0.25) is 0 Å². The van der Waals surface area contributed by atoms with E-state index in [2.05, 4.69) is 5.32 Å². The molecule has 2 aliphatic heterocycles. The minimum atomic E-state index is -0.868. The van der Waals surface area contributed by atoms with Crippen molar-refractivity contribution in [1.82, 2.24) is 5.32 Å². The second-order valence-electron chi connectivity index (χ2n) is 7.41. The summed E-state index contributed by atoms with van der Waals surface area (Å²) in [6, 6.07) is 2.14. The Morgan fingerprint density at radius 3 is 2.36 bits per heavy atom. The van der Waals surface area contributed by atoms with Gasteiger partial charge in [0.2, 0.25) is 5.91 Å². The molecule has 3 atom stereocenters. The van der Waals surface area contributed by atoms with Crippen molar-refractivity contribution in [3.05, 3.63) is 23.8 Å². The largest absolute Gasteiger partial charge is 0.481 e. The quantitative estimate of drug-likeness (QED) is 0.777. The van der Waals surface area contributed by atoms with Crippen LogP contribution in [0.5, 0.6) is 0 Å². The highest BCUT2D eigenvalue weighted by molar-refractivity contribution is 5.90. The predicted octanol–water partition coefficient (Wildman–Crippen LogP) is 1.19. The van der Waals surface area contributed by atoms with Gasteiger partial charge in [-0.1, -0.05) is 0 Å². The molecule has 1 aromatic carbocycles. The van der Waals surface area contributed by atoms with Gasteiger partial charge in [0.25, 0.3) is 0 Å². The highest BCUT2D eigenvalue weighted by Gasteiger charge is 2.60. The standard InChI is InChI=1S/C18H19F2N3O5/c1-8(24)21-4-10-5-23(18(27)28-10)9-2-13(19)16(14(20)3-9)22-6-11-12(7-22)15(11)17(25)26/h2-3,10-12,15H,4-7H2,1H3,(H,21,24)(H,25,26)/t10-,11-,12-/m0/s1. The summed E-state index contributed by atoms with van der Waals surface area (Å²) in [4.78, 5) is 36.7. The number of cyclic esters (lactones) is 1. The van der Waals surface area contributed by atoms with Crippen LogP contribution in [0.3, 0.4) is 0 Å². The maximum Gasteiger partial charge on any atom is 0.414 e. The minimum absolute atomic E-state index is 0.0295. The topological polar surface area (TPSA) is 99.2 Å². The van der Waals surface area contributed by atoms with Gasteiger partial charge in [-0.15, -0.1) is 0 Å². The Hall–Kier alpha value is -2.91. The van der Waals surface area contributed by atoms with Crippen molar-refractivity contribution < 1.29 is 33.0 Å². The van der Waals surface area contributed by atoms with Gasteiger partial charge in [0, 0.05) is 32.1 Å². The number of carboxylic acid groups (broad SMARTS) is 1. The van der Waals surface area contributed by atoms with Crippen LogP contribution in [-0.4, -0.2) is 55.4 Å². The van der Waals surface area contributed by atoms with Crippen LogP contribution < -0.4 is 15.1 Å². The van der Waals surface area contributed by atoms with Crippen molar-refractivity contribution in [2.24, 2.45) is 17.8 Å². The molecule has 28 heavy (non-hydrogen) atoms. The van der Waals surface area contributed by atoms with Crippen LogP contribution in [0.25, 0.3) is 0 Å². The van der Waals surface area contributed by atoms with E-state index in [0.717, 1.165) is 17.0 Å². The number of nitrogens with one attached hydrogen (secondary N) is 1. The first-order valence-corrected chi connectivity index (χ1v) is 8.95. The molecule has 2 N–H and O–H groups in total. The second kappa shape index (κ2) is 6.61. The van der Waals surface area contributed by atoms with Gasteiger partial charge in [-0.2, -0.15) is 0 Å². The molecule has 150 valence electrons. The van der Waals surface area contributed by atoms with E-state index >= 15 is 0 Å². The fourth-order valence-electron chi connectivity index (χ4n) is 4.18. The molecule has 1 aliphatic carbocycles. The summed E-state index contributed by atoms with van der Waals surface area (Å²) in [7, 11) is 0. The Kier molecular flexibility index (Phi) is 4.35. The van der Waals surface area contributed by atoms with Gasteiger partial charge in [-0.05, 0) is 11.8 Å². The molecular weight excluding hydrogens is 376 g/mol. The highest BCUT2D eigenvalue weighted by atomic mass is 19.1. The van der Waals surface area contributed by atoms with E-state index in [0.29, 0.717) is 13.1 Å². The van der Waals surface area contributed by atoms with Gasteiger partial charge < -0.3 is 20.1 Å². The molecule has 8 nitrogen and oxygen atoms in total. The summed E-state index contributed by atoms with van der Waals surface area (Å²) in [5.41, 5.74) is -0.177. The van der Waals surface area contributed by atoms with Gasteiger partial charge in [0.1, 0.15) is 11.8 Å². The van der Waals surface area contributed by atoms with Gasteiger partial charge in [-0.3, -0.25) is 14.5 Å². The van der Waals surface area contributed by atoms with Crippen molar-refractivity contribution in [2.45, 2.75) is 13.0 Å². The molecule has 2 amide bonds. The van der Waals surface area contributed by atoms with E-state index in [4.69, 9.17) is 9.84 Å². The Bertz CT molecular complexity index is 829. The van der Waals surface area contributed by atoms with Crippen LogP contribution in [-0.2, 0) is 14.3 Å². The Balaban J connectivity index is 1.47. The maximum absolute atomic E-state index is 14.7. The first-order chi connectivity index (χ1) is 13.3. The normalized spacial score (nSPS) is 28.2. The Labute approximate surface area is 159 Å². The van der Waals surface area contributed by atoms with Gasteiger partial charge >= 0.3 is 12.1 Å². The number of ether oxygens (including phenoxy) is 1. The number of aliphatic carboxylic acids is 1. The molecule has 0 unspecified atom stereocenters. The zero-order chi connectivity index (χ0) is 20.2. The van der Waals surface area contributed by atoms with E-state index in [1.165, 1.54) is 11.8 Å². The summed E-state index contributed by atoms with van der Waals surface area (Å²) < 4.78 is 34.4. The third kappa shape index (κ3) is 3.12. The number of nitrogens with zero attached hydrogens (tertiary/aromatic N) is 2. The summed E-state index contributed by atoms with van der Waals surface area (Å²) in [5, 5.41) is 11.6. The molecule has 0 spiro atoms. The fraction of sp³-hybridized carbons (Fsp3) is 0.500. The number of anilines is 2. The molecule has 1 aromatic rings. The number of piperidine rings is 1. The van der Waals surface area contributed by atoms with Crippen LogP contribution in [0, 0.1) is 29.4 Å². The fourth-order valence-corrected chi connectivity index (χ4v) is 4.18. The third-order valence-corrected chi connectivity index (χ3v) is 5.56. The number of carboxylic acids is 1. The SMILES string of the molecule is CC(=O)NC[C@H]1CN(c2cc(F)c(N3C[C@@H]4C(C(=O)O)[C@H]4C3)c(F)c2)C(=O)O1. The lowest BCUT2D eigenvalue weighted by Gasteiger charge is -2.24. The minimum Gasteiger partial charge on any atom is -0.481 e. The van der Waals surface area contributed by atoms with Gasteiger partial charge in [0.15, 0.2) is 11.6 Å². The molecule has 0 radical (unpaired) electrons. The Morgan fingerprint density at radius 2 is 1.82 bits per heavy atom. The van der Waals surface area contributed by atoms with Crippen molar-refractivity contribution in [3.63, 3.8) is 0 Å². The monoisotopic (exact) mass is 395 g/mol. The smallest absolute Gasteiger partial charge is 0.414 e. The number of carbonyl (C=O) groups is 3. The highest BCUT2D eigenvalue weighted by Crippen LogP contribution is 2.53. The molecule has 2 heterocycles. The molecule has 4 rings (SSSR count). The summed E-state index contributed by atoms with van der Waals surface area (Å²) >= 11 is 0. The number of fused-ring (bicyclic) bond motifs is 1. The molecule has 10 heteroatoms. The maximum atomic E-state index is 14.7. The van der Waals surface area contributed by atoms with E-state index in [-0.39, 0.29) is 42.2 Å².